The van der Waals surface area contributed by atoms with Crippen molar-refractivity contribution in [3.05, 3.63) is 37.0 Å². The third-order valence-corrected chi connectivity index (χ3v) is 2.88. The van der Waals surface area contributed by atoms with Crippen molar-refractivity contribution in [2.24, 2.45) is 0 Å². The molecule has 0 bridgehead atoms. The fourth-order valence-electron chi connectivity index (χ4n) is 1.91. The van der Waals surface area contributed by atoms with Crippen LogP contribution in [0.5, 0.6) is 0 Å². The van der Waals surface area contributed by atoms with Crippen LogP contribution in [0.3, 0.4) is 0 Å². The molecule has 0 amide bonds. The third-order valence-electron chi connectivity index (χ3n) is 2.88. The summed E-state index contributed by atoms with van der Waals surface area (Å²) in [4.78, 5) is 0. The summed E-state index contributed by atoms with van der Waals surface area (Å²) in [5, 5.41) is 0. The molecule has 1 fully saturated rings. The molecule has 1 heterocycles. The van der Waals surface area contributed by atoms with Gasteiger partial charge in [-0.1, -0.05) is 30.4 Å². The van der Waals surface area contributed by atoms with Gasteiger partial charge in [-0.15, -0.1) is 6.58 Å². The first-order chi connectivity index (χ1) is 8.64. The lowest BCUT2D eigenvalue weighted by atomic mass is 10.2. The minimum atomic E-state index is -0.403. The second-order valence-electron chi connectivity index (χ2n) is 5.12. The van der Waals surface area contributed by atoms with Crippen LogP contribution >= 0.6 is 0 Å². The first kappa shape index (κ1) is 15.2. The van der Waals surface area contributed by atoms with Crippen LogP contribution in [0.2, 0.25) is 0 Å². The molecule has 0 saturated carbocycles. The van der Waals surface area contributed by atoms with Crippen molar-refractivity contribution in [3.63, 3.8) is 0 Å². The van der Waals surface area contributed by atoms with Crippen molar-refractivity contribution in [2.75, 3.05) is 6.61 Å². The van der Waals surface area contributed by atoms with E-state index < -0.39 is 5.79 Å². The van der Waals surface area contributed by atoms with E-state index in [9.17, 15) is 0 Å². The van der Waals surface area contributed by atoms with Gasteiger partial charge >= 0.3 is 0 Å². The van der Waals surface area contributed by atoms with Crippen molar-refractivity contribution < 1.29 is 9.47 Å². The summed E-state index contributed by atoms with van der Waals surface area (Å²) in [6.45, 7) is 8.33. The predicted molar refractivity (Wildman–Crippen MR) is 76.5 cm³/mol. The number of hydrogen-bond donors (Lipinski definition) is 0. The third kappa shape index (κ3) is 6.77. The summed E-state index contributed by atoms with van der Waals surface area (Å²) in [5.74, 6) is -0.403. The first-order valence-corrected chi connectivity index (χ1v) is 6.88. The summed E-state index contributed by atoms with van der Waals surface area (Å²) < 4.78 is 11.2. The molecule has 0 unspecified atom stereocenters. The van der Waals surface area contributed by atoms with Gasteiger partial charge in [0, 0.05) is 0 Å². The van der Waals surface area contributed by atoms with E-state index in [2.05, 4.69) is 30.9 Å². The molecule has 0 aliphatic carbocycles. The quantitative estimate of drug-likeness (QED) is 0.361. The molecular formula is C16H26O2. The fourth-order valence-corrected chi connectivity index (χ4v) is 1.91. The molecule has 0 N–H and O–H groups in total. The van der Waals surface area contributed by atoms with E-state index in [0.29, 0.717) is 6.61 Å². The second-order valence-corrected chi connectivity index (χ2v) is 5.12. The van der Waals surface area contributed by atoms with Gasteiger partial charge in [-0.2, -0.15) is 0 Å². The Kier molecular flexibility index (Phi) is 6.99. The monoisotopic (exact) mass is 250 g/mol. The maximum absolute atomic E-state index is 5.71. The van der Waals surface area contributed by atoms with Crippen LogP contribution in [0.1, 0.15) is 46.0 Å². The number of ether oxygens (including phenoxy) is 2. The maximum atomic E-state index is 5.71. The molecule has 1 aliphatic rings. The molecule has 0 aromatic rings. The molecule has 1 saturated heterocycles. The lowest BCUT2D eigenvalue weighted by molar-refractivity contribution is -0.137. The fraction of sp³-hybridized carbons (Fsp3) is 0.625. The Labute approximate surface area is 111 Å². The molecule has 2 nitrogen and oxygen atoms in total. The van der Waals surface area contributed by atoms with Gasteiger partial charge in [0.05, 0.1) is 12.7 Å². The Morgan fingerprint density at radius 1 is 1.17 bits per heavy atom. The summed E-state index contributed by atoms with van der Waals surface area (Å²) in [6.07, 6.45) is 16.4. The molecule has 0 aromatic carbocycles. The Morgan fingerprint density at radius 2 is 1.89 bits per heavy atom. The lowest BCUT2D eigenvalue weighted by Gasteiger charge is -2.16. The summed E-state index contributed by atoms with van der Waals surface area (Å²) in [6, 6.07) is 0. The number of hydrogen-bond acceptors (Lipinski definition) is 2. The molecule has 1 atom stereocenters. The van der Waals surface area contributed by atoms with Crippen molar-refractivity contribution in [2.45, 2.75) is 57.8 Å². The summed E-state index contributed by atoms with van der Waals surface area (Å²) in [5.41, 5.74) is 0. The van der Waals surface area contributed by atoms with E-state index in [1.807, 2.05) is 19.9 Å². The van der Waals surface area contributed by atoms with Gasteiger partial charge in [0.25, 0.3) is 0 Å². The second kappa shape index (κ2) is 8.28. The molecular weight excluding hydrogens is 224 g/mol. The van der Waals surface area contributed by atoms with Crippen LogP contribution in [0, 0.1) is 0 Å². The molecule has 0 spiro atoms. The van der Waals surface area contributed by atoms with Gasteiger partial charge in [0.1, 0.15) is 0 Å². The van der Waals surface area contributed by atoms with E-state index in [0.717, 1.165) is 19.3 Å². The van der Waals surface area contributed by atoms with Crippen molar-refractivity contribution in [1.29, 1.82) is 0 Å². The van der Waals surface area contributed by atoms with Crippen LogP contribution < -0.4 is 0 Å². The topological polar surface area (TPSA) is 18.5 Å². The van der Waals surface area contributed by atoms with Gasteiger partial charge in [0.2, 0.25) is 0 Å². The zero-order chi connectivity index (χ0) is 13.3. The van der Waals surface area contributed by atoms with E-state index >= 15 is 0 Å². The summed E-state index contributed by atoms with van der Waals surface area (Å²) in [7, 11) is 0. The van der Waals surface area contributed by atoms with E-state index in [4.69, 9.17) is 9.47 Å². The highest BCUT2D eigenvalue weighted by molar-refractivity contribution is 5.03. The Morgan fingerprint density at radius 3 is 2.56 bits per heavy atom. The van der Waals surface area contributed by atoms with E-state index in [1.165, 1.54) is 12.8 Å². The Hall–Kier alpha value is -0.860. The average molecular weight is 250 g/mol. The molecule has 102 valence electrons. The average Bonchev–Trinajstić information content (AvgIpc) is 2.67. The van der Waals surface area contributed by atoms with Crippen LogP contribution in [0.25, 0.3) is 0 Å². The highest BCUT2D eigenvalue weighted by atomic mass is 16.7. The van der Waals surface area contributed by atoms with Crippen molar-refractivity contribution in [3.8, 4) is 0 Å². The SMILES string of the molecule is C=CCCCC/C=C/C=C/C[C@H]1COC(C)(C)O1. The van der Waals surface area contributed by atoms with Crippen LogP contribution in [0.4, 0.5) is 0 Å². The highest BCUT2D eigenvalue weighted by Crippen LogP contribution is 2.24. The minimum absolute atomic E-state index is 0.206. The highest BCUT2D eigenvalue weighted by Gasteiger charge is 2.31. The van der Waals surface area contributed by atoms with Gasteiger partial charge in [0.15, 0.2) is 5.79 Å². The standard InChI is InChI=1S/C16H26O2/c1-4-5-6-7-8-9-10-11-12-13-15-14-17-16(2,3)18-15/h4,9-12,15H,1,5-8,13-14H2,2-3H3/b10-9+,12-11+/t15-/m0/s1. The van der Waals surface area contributed by atoms with Gasteiger partial charge in [-0.25, -0.2) is 0 Å². The number of rotatable bonds is 8. The zero-order valence-electron chi connectivity index (χ0n) is 11.7. The number of unbranched alkanes of at least 4 members (excludes halogenated alkanes) is 3. The van der Waals surface area contributed by atoms with E-state index in [1.54, 1.807) is 0 Å². The summed E-state index contributed by atoms with van der Waals surface area (Å²) >= 11 is 0. The molecule has 2 heteroatoms. The van der Waals surface area contributed by atoms with Gasteiger partial charge in [-0.05, 0) is 46.0 Å². The Balaban J connectivity index is 2.03. The van der Waals surface area contributed by atoms with E-state index in [-0.39, 0.29) is 6.10 Å². The number of allylic oxidation sites excluding steroid dienone is 4. The van der Waals surface area contributed by atoms with Gasteiger partial charge < -0.3 is 9.47 Å². The molecule has 0 aromatic heterocycles. The smallest absolute Gasteiger partial charge is 0.163 e. The predicted octanol–water partition coefficient (Wildman–Crippen LogP) is 4.39. The maximum Gasteiger partial charge on any atom is 0.163 e. The van der Waals surface area contributed by atoms with Crippen molar-refractivity contribution in [1.82, 2.24) is 0 Å². The Bertz CT molecular complexity index is 289. The normalized spacial score (nSPS) is 23.1. The minimum Gasteiger partial charge on any atom is -0.348 e. The van der Waals surface area contributed by atoms with Crippen LogP contribution in [-0.4, -0.2) is 18.5 Å². The van der Waals surface area contributed by atoms with Crippen LogP contribution in [0.15, 0.2) is 37.0 Å². The molecule has 1 aliphatic heterocycles. The lowest BCUT2D eigenvalue weighted by Crippen LogP contribution is -2.21. The van der Waals surface area contributed by atoms with Gasteiger partial charge in [-0.3, -0.25) is 0 Å². The molecule has 1 rings (SSSR count). The largest absolute Gasteiger partial charge is 0.348 e. The molecule has 0 radical (unpaired) electrons. The molecule has 18 heavy (non-hydrogen) atoms. The van der Waals surface area contributed by atoms with Crippen LogP contribution in [-0.2, 0) is 9.47 Å². The first-order valence-electron chi connectivity index (χ1n) is 6.88. The zero-order valence-corrected chi connectivity index (χ0v) is 11.7. The van der Waals surface area contributed by atoms with Crippen molar-refractivity contribution >= 4 is 0 Å².